The molecule has 0 saturated heterocycles. The molecule has 0 aliphatic carbocycles. The van der Waals surface area contributed by atoms with E-state index in [1.165, 1.54) is 96.3 Å². The maximum Gasteiger partial charge on any atom is 0.303 e. The summed E-state index contributed by atoms with van der Waals surface area (Å²) in [6, 6.07) is -1.07. The Morgan fingerprint density at radius 1 is 0.412 bits per heavy atom. The van der Waals surface area contributed by atoms with Gasteiger partial charge in [-0.2, -0.15) is 0 Å². The molecule has 0 saturated carbocycles. The van der Waals surface area contributed by atoms with Gasteiger partial charge in [-0.25, -0.2) is 0 Å². The molecule has 0 heterocycles. The van der Waals surface area contributed by atoms with E-state index < -0.39 is 23.8 Å². The summed E-state index contributed by atoms with van der Waals surface area (Å²) >= 11 is 0. The number of hydrogen-bond acceptors (Lipinski definition) is 6. The van der Waals surface area contributed by atoms with E-state index in [0.29, 0.717) is 13.1 Å². The number of carbonyl (C=O) groups is 6. The molecule has 0 fully saturated rings. The number of carboxylic acids is 1. The SMILES string of the molecule is CCCCCCCCCCCCNC(=O)CCNC(=O)CCC(NC(=O)CCC(=O)O)C(=O)NCCC(=O)NCCCCCCCCCCCC. The van der Waals surface area contributed by atoms with Crippen LogP contribution in [0.5, 0.6) is 0 Å². The Labute approximate surface area is 308 Å². The third-order valence-corrected chi connectivity index (χ3v) is 8.91. The van der Waals surface area contributed by atoms with Crippen molar-refractivity contribution in [1.82, 2.24) is 26.6 Å². The second-order valence-electron chi connectivity index (χ2n) is 13.8. The fourth-order valence-electron chi connectivity index (χ4n) is 5.71. The Morgan fingerprint density at radius 3 is 1.22 bits per heavy atom. The maximum absolute atomic E-state index is 12.9. The summed E-state index contributed by atoms with van der Waals surface area (Å²) in [6.45, 7) is 5.85. The van der Waals surface area contributed by atoms with Crippen molar-refractivity contribution in [2.75, 3.05) is 26.2 Å². The highest BCUT2D eigenvalue weighted by Crippen LogP contribution is 2.11. The van der Waals surface area contributed by atoms with Crippen LogP contribution in [0.15, 0.2) is 0 Å². The molecule has 12 nitrogen and oxygen atoms in total. The van der Waals surface area contributed by atoms with Gasteiger partial charge in [0.15, 0.2) is 0 Å². The first kappa shape index (κ1) is 47.8. The van der Waals surface area contributed by atoms with E-state index in [9.17, 15) is 28.8 Å². The van der Waals surface area contributed by atoms with Gasteiger partial charge < -0.3 is 31.7 Å². The number of rotatable bonds is 36. The summed E-state index contributed by atoms with van der Waals surface area (Å²) in [7, 11) is 0. The summed E-state index contributed by atoms with van der Waals surface area (Å²) in [5.41, 5.74) is 0. The van der Waals surface area contributed by atoms with E-state index in [1.54, 1.807) is 0 Å². The maximum atomic E-state index is 12.9. The first-order chi connectivity index (χ1) is 24.7. The lowest BCUT2D eigenvalue weighted by molar-refractivity contribution is -0.139. The molecule has 5 amide bonds. The highest BCUT2D eigenvalue weighted by Gasteiger charge is 2.22. The van der Waals surface area contributed by atoms with Crippen LogP contribution in [0.2, 0.25) is 0 Å². The highest BCUT2D eigenvalue weighted by molar-refractivity contribution is 5.89. The summed E-state index contributed by atoms with van der Waals surface area (Å²) in [6.07, 6.45) is 23.8. The Balaban J connectivity index is 4.28. The van der Waals surface area contributed by atoms with Crippen molar-refractivity contribution in [3.8, 4) is 0 Å². The Morgan fingerprint density at radius 2 is 0.784 bits per heavy atom. The van der Waals surface area contributed by atoms with Crippen LogP contribution in [-0.2, 0) is 28.8 Å². The molecule has 12 heteroatoms. The molecule has 0 aromatic heterocycles. The topological polar surface area (TPSA) is 183 Å². The summed E-state index contributed by atoms with van der Waals surface area (Å²) in [5.74, 6) is -3.00. The van der Waals surface area contributed by atoms with Crippen molar-refractivity contribution in [3.63, 3.8) is 0 Å². The van der Waals surface area contributed by atoms with E-state index in [2.05, 4.69) is 40.4 Å². The fraction of sp³-hybridized carbons (Fsp3) is 0.846. The summed E-state index contributed by atoms with van der Waals surface area (Å²) in [5, 5.41) is 22.5. The molecule has 296 valence electrons. The Bertz CT molecular complexity index is 947. The standard InChI is InChI=1S/C39H73N5O7/c1-3-5-7-9-11-13-15-17-19-21-29-40-35(46)27-31-42-34(45)24-23-33(44-37(48)25-26-38(49)50)39(51)43-32-28-36(47)41-30-22-20-18-16-14-12-10-8-6-4-2/h33H,3-32H2,1-2H3,(H,40,46)(H,41,47)(H,42,45)(H,43,51)(H,44,48)(H,49,50). The smallest absolute Gasteiger partial charge is 0.303 e. The van der Waals surface area contributed by atoms with Gasteiger partial charge in [0.25, 0.3) is 0 Å². The first-order valence-electron chi connectivity index (χ1n) is 20.3. The lowest BCUT2D eigenvalue weighted by Gasteiger charge is -2.18. The van der Waals surface area contributed by atoms with Crippen LogP contribution in [-0.4, -0.2) is 72.8 Å². The van der Waals surface area contributed by atoms with Gasteiger partial charge in [0, 0.05) is 51.9 Å². The second-order valence-corrected chi connectivity index (χ2v) is 13.8. The predicted octanol–water partition coefficient (Wildman–Crippen LogP) is 6.20. The van der Waals surface area contributed by atoms with Gasteiger partial charge in [-0.05, 0) is 19.3 Å². The number of carboxylic acid groups (broad SMARTS) is 1. The van der Waals surface area contributed by atoms with Crippen molar-refractivity contribution >= 4 is 35.5 Å². The molecule has 0 radical (unpaired) electrons. The van der Waals surface area contributed by atoms with Gasteiger partial charge >= 0.3 is 5.97 Å². The number of carbonyl (C=O) groups excluding carboxylic acids is 5. The molecule has 0 rings (SSSR count). The zero-order chi connectivity index (χ0) is 37.8. The highest BCUT2D eigenvalue weighted by atomic mass is 16.4. The fourth-order valence-corrected chi connectivity index (χ4v) is 5.71. The number of unbranched alkanes of at least 4 members (excludes halogenated alkanes) is 18. The molecule has 0 bridgehead atoms. The number of nitrogens with one attached hydrogen (secondary N) is 5. The van der Waals surface area contributed by atoms with Crippen LogP contribution in [0, 0.1) is 0 Å². The van der Waals surface area contributed by atoms with Gasteiger partial charge in [-0.1, -0.05) is 129 Å². The quantitative estimate of drug-likeness (QED) is 0.0416. The molecule has 0 aliphatic rings. The summed E-state index contributed by atoms with van der Waals surface area (Å²) < 4.78 is 0. The molecule has 0 aromatic rings. The zero-order valence-corrected chi connectivity index (χ0v) is 32.2. The lowest BCUT2D eigenvalue weighted by Crippen LogP contribution is -2.48. The van der Waals surface area contributed by atoms with Gasteiger partial charge in [0.2, 0.25) is 29.5 Å². The molecule has 51 heavy (non-hydrogen) atoms. The normalized spacial score (nSPS) is 11.4. The van der Waals surface area contributed by atoms with E-state index in [0.717, 1.165) is 32.1 Å². The predicted molar refractivity (Wildman–Crippen MR) is 203 cm³/mol. The largest absolute Gasteiger partial charge is 0.481 e. The van der Waals surface area contributed by atoms with Gasteiger partial charge in [0.1, 0.15) is 6.04 Å². The van der Waals surface area contributed by atoms with Gasteiger partial charge in [-0.3, -0.25) is 28.8 Å². The Hall–Kier alpha value is -3.18. The molecule has 1 atom stereocenters. The van der Waals surface area contributed by atoms with E-state index in [1.807, 2.05) is 0 Å². The second kappa shape index (κ2) is 35.2. The molecule has 1 unspecified atom stereocenters. The van der Waals surface area contributed by atoms with Crippen molar-refractivity contribution in [3.05, 3.63) is 0 Å². The molecular formula is C39H73N5O7. The lowest BCUT2D eigenvalue weighted by atomic mass is 10.1. The van der Waals surface area contributed by atoms with Crippen molar-refractivity contribution < 1.29 is 33.9 Å². The van der Waals surface area contributed by atoms with E-state index >= 15 is 0 Å². The molecule has 0 spiro atoms. The minimum Gasteiger partial charge on any atom is -0.481 e. The third-order valence-electron chi connectivity index (χ3n) is 8.91. The summed E-state index contributed by atoms with van der Waals surface area (Å²) in [4.78, 5) is 72.8. The molecule has 0 aliphatic heterocycles. The van der Waals surface area contributed by atoms with Crippen molar-refractivity contribution in [2.45, 2.75) is 187 Å². The van der Waals surface area contributed by atoms with Crippen LogP contribution in [0.1, 0.15) is 181 Å². The average molecular weight is 724 g/mol. The van der Waals surface area contributed by atoms with Crippen LogP contribution in [0.4, 0.5) is 0 Å². The average Bonchev–Trinajstić information content (AvgIpc) is 3.10. The third kappa shape index (κ3) is 33.7. The minimum atomic E-state index is -1.14. The molecular weight excluding hydrogens is 650 g/mol. The molecule has 0 aromatic carbocycles. The van der Waals surface area contributed by atoms with E-state index in [-0.39, 0.29) is 69.3 Å². The van der Waals surface area contributed by atoms with Crippen LogP contribution in [0.3, 0.4) is 0 Å². The van der Waals surface area contributed by atoms with Gasteiger partial charge in [-0.15, -0.1) is 0 Å². The zero-order valence-electron chi connectivity index (χ0n) is 32.2. The number of aliphatic carboxylic acids is 1. The number of hydrogen-bond donors (Lipinski definition) is 6. The first-order valence-corrected chi connectivity index (χ1v) is 20.3. The van der Waals surface area contributed by atoms with Gasteiger partial charge in [0.05, 0.1) is 6.42 Å². The van der Waals surface area contributed by atoms with Crippen molar-refractivity contribution in [2.24, 2.45) is 0 Å². The van der Waals surface area contributed by atoms with E-state index in [4.69, 9.17) is 5.11 Å². The van der Waals surface area contributed by atoms with Crippen LogP contribution < -0.4 is 26.6 Å². The molecule has 6 N–H and O–H groups in total. The minimum absolute atomic E-state index is 0.0215. The number of amides is 5. The van der Waals surface area contributed by atoms with Crippen LogP contribution >= 0.6 is 0 Å². The Kier molecular flexibility index (Phi) is 33.0. The monoisotopic (exact) mass is 724 g/mol. The van der Waals surface area contributed by atoms with Crippen molar-refractivity contribution in [1.29, 1.82) is 0 Å². The van der Waals surface area contributed by atoms with Crippen LogP contribution in [0.25, 0.3) is 0 Å².